The molecule has 0 radical (unpaired) electrons. The van der Waals surface area contributed by atoms with Gasteiger partial charge in [0.15, 0.2) is 4.80 Å². The lowest BCUT2D eigenvalue weighted by Crippen LogP contribution is -2.16. The maximum absolute atomic E-state index is 12.4. The summed E-state index contributed by atoms with van der Waals surface area (Å²) in [6.45, 7) is 4.60. The molecule has 0 aliphatic heterocycles. The number of non-ortho nitro benzene ring substituents is 1. The quantitative estimate of drug-likeness (QED) is 0.506. The molecule has 0 spiro atoms. The first-order valence-corrected chi connectivity index (χ1v) is 9.26. The van der Waals surface area contributed by atoms with Crippen molar-refractivity contribution in [2.45, 2.75) is 33.2 Å². The van der Waals surface area contributed by atoms with E-state index in [0.717, 1.165) is 22.2 Å². The highest BCUT2D eigenvalue weighted by molar-refractivity contribution is 7.16. The number of aromatic nitrogens is 1. The molecule has 0 saturated carbocycles. The van der Waals surface area contributed by atoms with E-state index in [0.29, 0.717) is 11.3 Å². The van der Waals surface area contributed by atoms with Crippen LogP contribution in [0.3, 0.4) is 0 Å². The summed E-state index contributed by atoms with van der Waals surface area (Å²) in [5.41, 5.74) is 2.92. The average Bonchev–Trinajstić information content (AvgIpc) is 2.98. The van der Waals surface area contributed by atoms with Crippen LogP contribution < -0.4 is 4.80 Å². The normalized spacial score (nSPS) is 11.8. The minimum absolute atomic E-state index is 0.0337. The number of hydrogen-bond donors (Lipinski definition) is 0. The van der Waals surface area contributed by atoms with E-state index in [4.69, 9.17) is 0 Å². The molecule has 2 aromatic carbocycles. The fourth-order valence-corrected chi connectivity index (χ4v) is 3.87. The Hall–Kier alpha value is -2.80. The predicted molar refractivity (Wildman–Crippen MR) is 102 cm³/mol. The maximum atomic E-state index is 12.4. The van der Waals surface area contributed by atoms with Gasteiger partial charge in [0.2, 0.25) is 0 Å². The van der Waals surface area contributed by atoms with Crippen molar-refractivity contribution in [3.05, 3.63) is 68.5 Å². The molecular weight excluding hydrogens is 350 g/mol. The molecule has 0 fully saturated rings. The predicted octanol–water partition coefficient (Wildman–Crippen LogP) is 3.86. The lowest BCUT2D eigenvalue weighted by Gasteiger charge is -2.01. The fraction of sp³-hybridized carbons (Fsp3) is 0.263. The molecule has 0 unspecified atom stereocenters. The Balaban J connectivity index is 1.94. The molecule has 0 N–H and O–H groups in total. The van der Waals surface area contributed by atoms with Crippen LogP contribution in [-0.4, -0.2) is 15.4 Å². The van der Waals surface area contributed by atoms with E-state index in [1.165, 1.54) is 29.0 Å². The first kappa shape index (κ1) is 18.0. The second-order valence-electron chi connectivity index (χ2n) is 5.89. The minimum atomic E-state index is -0.418. The summed E-state index contributed by atoms with van der Waals surface area (Å²) < 4.78 is 2.71. The van der Waals surface area contributed by atoms with Crippen LogP contribution in [0.1, 0.15) is 25.0 Å². The van der Waals surface area contributed by atoms with E-state index in [9.17, 15) is 14.9 Å². The van der Waals surface area contributed by atoms with Crippen molar-refractivity contribution in [1.29, 1.82) is 0 Å². The van der Waals surface area contributed by atoms with Gasteiger partial charge in [-0.05, 0) is 30.5 Å². The number of thiazole rings is 1. The summed E-state index contributed by atoms with van der Waals surface area (Å²) in [6, 6.07) is 12.7. The van der Waals surface area contributed by atoms with Gasteiger partial charge in [0, 0.05) is 18.7 Å². The van der Waals surface area contributed by atoms with Crippen molar-refractivity contribution >= 4 is 33.1 Å². The molecule has 1 heterocycles. The van der Waals surface area contributed by atoms with Crippen molar-refractivity contribution < 1.29 is 9.72 Å². The number of amides is 1. The Labute approximate surface area is 154 Å². The van der Waals surface area contributed by atoms with Crippen molar-refractivity contribution in [3.8, 4) is 0 Å². The van der Waals surface area contributed by atoms with Crippen LogP contribution in [0.4, 0.5) is 5.69 Å². The van der Waals surface area contributed by atoms with Crippen LogP contribution in [0.2, 0.25) is 0 Å². The molecule has 1 aromatic heterocycles. The SMILES string of the molecule is CCc1ccc(CC(=O)N=c2sc3ccc([N+](=O)[O-])cc3n2CC)cc1. The molecule has 1 amide bonds. The minimum Gasteiger partial charge on any atom is -0.316 e. The smallest absolute Gasteiger partial charge is 0.271 e. The number of nitrogens with zero attached hydrogens (tertiary/aromatic N) is 3. The molecule has 3 aromatic rings. The third-order valence-electron chi connectivity index (χ3n) is 4.20. The summed E-state index contributed by atoms with van der Waals surface area (Å²) in [4.78, 5) is 27.8. The summed E-state index contributed by atoms with van der Waals surface area (Å²) >= 11 is 1.37. The molecule has 6 nitrogen and oxygen atoms in total. The third kappa shape index (κ3) is 3.72. The van der Waals surface area contributed by atoms with Gasteiger partial charge in [-0.25, -0.2) is 0 Å². The lowest BCUT2D eigenvalue weighted by atomic mass is 10.1. The third-order valence-corrected chi connectivity index (χ3v) is 5.26. The van der Waals surface area contributed by atoms with E-state index in [1.807, 2.05) is 35.8 Å². The number of hydrogen-bond acceptors (Lipinski definition) is 4. The fourth-order valence-electron chi connectivity index (χ4n) is 2.78. The van der Waals surface area contributed by atoms with Crippen LogP contribution >= 0.6 is 11.3 Å². The summed E-state index contributed by atoms with van der Waals surface area (Å²) in [6.07, 6.45) is 1.20. The van der Waals surface area contributed by atoms with Gasteiger partial charge in [0.25, 0.3) is 11.6 Å². The van der Waals surface area contributed by atoms with Crippen LogP contribution in [0, 0.1) is 10.1 Å². The summed E-state index contributed by atoms with van der Waals surface area (Å²) in [7, 11) is 0. The Morgan fingerprint density at radius 1 is 1.15 bits per heavy atom. The molecule has 134 valence electrons. The van der Waals surface area contributed by atoms with E-state index in [1.54, 1.807) is 6.07 Å². The Kier molecular flexibility index (Phi) is 5.27. The standard InChI is InChI=1S/C19H19N3O3S/c1-3-13-5-7-14(8-6-13)11-18(23)20-19-21(4-2)16-12-15(22(24)25)9-10-17(16)26-19/h5-10,12H,3-4,11H2,1-2H3. The molecule has 0 saturated heterocycles. The number of carbonyl (C=O) groups is 1. The van der Waals surface area contributed by atoms with Crippen molar-refractivity contribution in [2.75, 3.05) is 0 Å². The second-order valence-corrected chi connectivity index (χ2v) is 6.90. The molecule has 26 heavy (non-hydrogen) atoms. The number of aryl methyl sites for hydroxylation is 2. The summed E-state index contributed by atoms with van der Waals surface area (Å²) in [5.74, 6) is -0.225. The van der Waals surface area contributed by atoms with Crippen LogP contribution in [0.15, 0.2) is 47.5 Å². The molecule has 7 heteroatoms. The van der Waals surface area contributed by atoms with E-state index >= 15 is 0 Å². The second kappa shape index (κ2) is 7.61. The van der Waals surface area contributed by atoms with Crippen LogP contribution in [0.25, 0.3) is 10.2 Å². The zero-order valence-corrected chi connectivity index (χ0v) is 15.5. The number of carbonyl (C=O) groups excluding carboxylic acids is 1. The van der Waals surface area contributed by atoms with Gasteiger partial charge in [-0.15, -0.1) is 0 Å². The summed E-state index contributed by atoms with van der Waals surface area (Å²) in [5, 5.41) is 11.0. The van der Waals surface area contributed by atoms with Gasteiger partial charge >= 0.3 is 0 Å². The largest absolute Gasteiger partial charge is 0.316 e. The first-order valence-electron chi connectivity index (χ1n) is 8.45. The van der Waals surface area contributed by atoms with Crippen molar-refractivity contribution in [1.82, 2.24) is 4.57 Å². The number of rotatable bonds is 5. The molecular formula is C19H19N3O3S. The molecule has 0 atom stereocenters. The van der Waals surface area contributed by atoms with Crippen molar-refractivity contribution in [2.24, 2.45) is 4.99 Å². The monoisotopic (exact) mass is 369 g/mol. The molecule has 3 rings (SSSR count). The van der Waals surface area contributed by atoms with Crippen LogP contribution in [0.5, 0.6) is 0 Å². The van der Waals surface area contributed by atoms with Gasteiger partial charge in [-0.1, -0.05) is 42.5 Å². The van der Waals surface area contributed by atoms with Gasteiger partial charge < -0.3 is 4.57 Å². The Morgan fingerprint density at radius 3 is 2.46 bits per heavy atom. The van der Waals surface area contributed by atoms with Gasteiger partial charge in [0.1, 0.15) is 0 Å². The Bertz CT molecular complexity index is 1030. The highest BCUT2D eigenvalue weighted by atomic mass is 32.1. The van der Waals surface area contributed by atoms with Crippen molar-refractivity contribution in [3.63, 3.8) is 0 Å². The topological polar surface area (TPSA) is 77.5 Å². The zero-order chi connectivity index (χ0) is 18.7. The van der Waals surface area contributed by atoms with E-state index < -0.39 is 4.92 Å². The van der Waals surface area contributed by atoms with E-state index in [2.05, 4.69) is 11.9 Å². The highest BCUT2D eigenvalue weighted by Gasteiger charge is 2.12. The number of fused-ring (bicyclic) bond motifs is 1. The number of nitro groups is 1. The first-order chi connectivity index (χ1) is 12.5. The molecule has 0 bridgehead atoms. The van der Waals surface area contributed by atoms with Gasteiger partial charge in [0.05, 0.1) is 21.6 Å². The van der Waals surface area contributed by atoms with Crippen LogP contribution in [-0.2, 0) is 24.2 Å². The number of nitro benzene ring substituents is 1. The zero-order valence-electron chi connectivity index (χ0n) is 14.6. The van der Waals surface area contributed by atoms with Gasteiger partial charge in [-0.2, -0.15) is 4.99 Å². The van der Waals surface area contributed by atoms with Gasteiger partial charge in [-0.3, -0.25) is 14.9 Å². The maximum Gasteiger partial charge on any atom is 0.271 e. The molecule has 0 aliphatic carbocycles. The van der Waals surface area contributed by atoms with E-state index in [-0.39, 0.29) is 18.0 Å². The lowest BCUT2D eigenvalue weighted by molar-refractivity contribution is -0.384. The molecule has 0 aliphatic rings. The highest BCUT2D eigenvalue weighted by Crippen LogP contribution is 2.23. The Morgan fingerprint density at radius 2 is 1.85 bits per heavy atom. The average molecular weight is 369 g/mol. The number of benzene rings is 2.